The van der Waals surface area contributed by atoms with Gasteiger partial charge in [-0.1, -0.05) is 18.2 Å². The second-order valence-electron chi connectivity index (χ2n) is 5.83. The second-order valence-corrected chi connectivity index (χ2v) is 5.83. The van der Waals surface area contributed by atoms with Crippen molar-refractivity contribution in [1.82, 2.24) is 9.97 Å². The first-order valence-electron chi connectivity index (χ1n) is 8.17. The number of halogens is 4. The molecule has 1 aromatic heterocycles. The molecule has 3 aromatic rings. The van der Waals surface area contributed by atoms with Gasteiger partial charge in [-0.25, -0.2) is 22.5 Å². The van der Waals surface area contributed by atoms with Gasteiger partial charge in [0.1, 0.15) is 11.6 Å². The van der Waals surface area contributed by atoms with Gasteiger partial charge < -0.3 is 10.6 Å². The van der Waals surface area contributed by atoms with E-state index in [4.69, 9.17) is 0 Å². The molecule has 3 rings (SSSR count). The third-order valence-electron chi connectivity index (χ3n) is 3.79. The molecule has 1 heterocycles. The summed E-state index contributed by atoms with van der Waals surface area (Å²) < 4.78 is 53.8. The van der Waals surface area contributed by atoms with Crippen LogP contribution in [0.15, 0.2) is 42.5 Å². The summed E-state index contributed by atoms with van der Waals surface area (Å²) in [7, 11) is 0. The van der Waals surface area contributed by atoms with Gasteiger partial charge in [0.15, 0.2) is 17.5 Å². The van der Waals surface area contributed by atoms with Crippen molar-refractivity contribution < 1.29 is 17.6 Å². The smallest absolute Gasteiger partial charge is 0.229 e. The van der Waals surface area contributed by atoms with Crippen molar-refractivity contribution in [2.45, 2.75) is 13.3 Å². The first-order valence-corrected chi connectivity index (χ1v) is 8.17. The molecular formula is C19H16F4N4. The highest BCUT2D eigenvalue weighted by atomic mass is 19.2. The van der Waals surface area contributed by atoms with Gasteiger partial charge in [0, 0.05) is 18.3 Å². The lowest BCUT2D eigenvalue weighted by molar-refractivity contribution is 0.449. The molecule has 0 aliphatic rings. The quantitative estimate of drug-likeness (QED) is 0.482. The molecule has 2 aromatic carbocycles. The van der Waals surface area contributed by atoms with Crippen molar-refractivity contribution in [3.63, 3.8) is 0 Å². The molecule has 0 unspecified atom stereocenters. The summed E-state index contributed by atoms with van der Waals surface area (Å²) in [5.41, 5.74) is 0.860. The standard InChI is InChI=1S/C19H16F4N4/c1-11-10-16(24-9-8-12-4-2-3-5-13(12)20)27-19(25-11)26-15-7-6-14(21)17(22)18(15)23/h2-7,10H,8-9H2,1H3,(H2,24,25,26,27). The van der Waals surface area contributed by atoms with Crippen molar-refractivity contribution in [3.05, 3.63) is 77.0 Å². The lowest BCUT2D eigenvalue weighted by Gasteiger charge is -2.11. The molecule has 8 heteroatoms. The maximum atomic E-state index is 13.8. The fraction of sp³-hybridized carbons (Fsp3) is 0.158. The third-order valence-corrected chi connectivity index (χ3v) is 3.79. The van der Waals surface area contributed by atoms with Crippen molar-refractivity contribution in [1.29, 1.82) is 0 Å². The van der Waals surface area contributed by atoms with E-state index in [0.29, 0.717) is 30.0 Å². The van der Waals surface area contributed by atoms with E-state index < -0.39 is 17.5 Å². The first kappa shape index (κ1) is 18.6. The van der Waals surface area contributed by atoms with Crippen molar-refractivity contribution in [3.8, 4) is 0 Å². The fourth-order valence-corrected chi connectivity index (χ4v) is 2.48. The number of nitrogens with one attached hydrogen (secondary N) is 2. The number of hydrogen-bond acceptors (Lipinski definition) is 4. The molecular weight excluding hydrogens is 360 g/mol. The van der Waals surface area contributed by atoms with Gasteiger partial charge in [0.05, 0.1) is 5.69 Å². The molecule has 0 aliphatic heterocycles. The van der Waals surface area contributed by atoms with Crippen LogP contribution in [-0.4, -0.2) is 16.5 Å². The summed E-state index contributed by atoms with van der Waals surface area (Å²) in [6.07, 6.45) is 0.441. The van der Waals surface area contributed by atoms with Crippen LogP contribution in [0, 0.1) is 30.2 Å². The van der Waals surface area contributed by atoms with Crippen LogP contribution < -0.4 is 10.6 Å². The predicted octanol–water partition coefficient (Wildman–Crippen LogP) is 4.74. The topological polar surface area (TPSA) is 49.8 Å². The Morgan fingerprint density at radius 1 is 0.889 bits per heavy atom. The van der Waals surface area contributed by atoms with E-state index in [2.05, 4.69) is 20.6 Å². The Hall–Kier alpha value is -3.16. The van der Waals surface area contributed by atoms with Crippen LogP contribution in [0.5, 0.6) is 0 Å². The van der Waals surface area contributed by atoms with Crippen LogP contribution in [-0.2, 0) is 6.42 Å². The highest BCUT2D eigenvalue weighted by Crippen LogP contribution is 2.23. The predicted molar refractivity (Wildman–Crippen MR) is 95.0 cm³/mol. The van der Waals surface area contributed by atoms with Crippen LogP contribution in [0.4, 0.5) is 35.0 Å². The van der Waals surface area contributed by atoms with Gasteiger partial charge in [-0.2, -0.15) is 4.98 Å². The summed E-state index contributed by atoms with van der Waals surface area (Å²) in [6.45, 7) is 2.12. The van der Waals surface area contributed by atoms with Crippen LogP contribution in [0.25, 0.3) is 0 Å². The monoisotopic (exact) mass is 376 g/mol. The zero-order chi connectivity index (χ0) is 19.4. The van der Waals surface area contributed by atoms with E-state index >= 15 is 0 Å². The molecule has 0 fully saturated rings. The van der Waals surface area contributed by atoms with Crippen LogP contribution in [0.3, 0.4) is 0 Å². The highest BCUT2D eigenvalue weighted by Gasteiger charge is 2.14. The minimum absolute atomic E-state index is 0.0216. The Bertz CT molecular complexity index is 962. The molecule has 0 saturated heterocycles. The number of aromatic nitrogens is 2. The van der Waals surface area contributed by atoms with Gasteiger partial charge in [-0.3, -0.25) is 0 Å². The minimum atomic E-state index is -1.57. The van der Waals surface area contributed by atoms with Gasteiger partial charge in [0.25, 0.3) is 0 Å². The first-order chi connectivity index (χ1) is 12.9. The lowest BCUT2D eigenvalue weighted by atomic mass is 10.1. The molecule has 2 N–H and O–H groups in total. The normalized spacial score (nSPS) is 10.7. The second kappa shape index (κ2) is 8.03. The van der Waals surface area contributed by atoms with E-state index in [1.807, 2.05) is 0 Å². The van der Waals surface area contributed by atoms with Gasteiger partial charge >= 0.3 is 0 Å². The zero-order valence-electron chi connectivity index (χ0n) is 14.4. The number of anilines is 3. The van der Waals surface area contributed by atoms with Gasteiger partial charge in [0.2, 0.25) is 5.95 Å². The lowest BCUT2D eigenvalue weighted by Crippen LogP contribution is -2.10. The summed E-state index contributed by atoms with van der Waals surface area (Å²) in [4.78, 5) is 8.26. The van der Waals surface area contributed by atoms with E-state index in [9.17, 15) is 17.6 Å². The number of aryl methyl sites for hydroxylation is 1. The average molecular weight is 376 g/mol. The molecule has 140 valence electrons. The SMILES string of the molecule is Cc1cc(NCCc2ccccc2F)nc(Nc2ccc(F)c(F)c2F)n1. The molecule has 0 aliphatic carbocycles. The molecule has 0 radical (unpaired) electrons. The molecule has 4 nitrogen and oxygen atoms in total. The molecule has 0 atom stereocenters. The average Bonchev–Trinajstić information content (AvgIpc) is 2.63. The molecule has 0 spiro atoms. The largest absolute Gasteiger partial charge is 0.370 e. The minimum Gasteiger partial charge on any atom is -0.370 e. The zero-order valence-corrected chi connectivity index (χ0v) is 14.4. The number of rotatable bonds is 6. The van der Waals surface area contributed by atoms with Crippen molar-refractivity contribution in [2.24, 2.45) is 0 Å². The Morgan fingerprint density at radius 3 is 2.44 bits per heavy atom. The molecule has 0 bridgehead atoms. The van der Waals surface area contributed by atoms with Crippen LogP contribution in [0.2, 0.25) is 0 Å². The highest BCUT2D eigenvalue weighted by molar-refractivity contribution is 5.56. The van der Waals surface area contributed by atoms with Crippen molar-refractivity contribution >= 4 is 17.5 Å². The Kier molecular flexibility index (Phi) is 5.54. The number of nitrogens with zero attached hydrogens (tertiary/aromatic N) is 2. The molecule has 27 heavy (non-hydrogen) atoms. The van der Waals surface area contributed by atoms with Crippen LogP contribution in [0.1, 0.15) is 11.3 Å². The molecule has 0 saturated carbocycles. The van der Waals surface area contributed by atoms with Crippen LogP contribution >= 0.6 is 0 Å². The Morgan fingerprint density at radius 2 is 1.67 bits per heavy atom. The van der Waals surface area contributed by atoms with E-state index in [0.717, 1.165) is 12.1 Å². The van der Waals surface area contributed by atoms with E-state index in [1.165, 1.54) is 6.07 Å². The summed E-state index contributed by atoms with van der Waals surface area (Å²) in [6, 6.07) is 9.99. The summed E-state index contributed by atoms with van der Waals surface area (Å²) in [5.74, 6) is -4.03. The van der Waals surface area contributed by atoms with E-state index in [1.54, 1.807) is 31.2 Å². The number of benzene rings is 2. The summed E-state index contributed by atoms with van der Waals surface area (Å²) >= 11 is 0. The van der Waals surface area contributed by atoms with Crippen molar-refractivity contribution in [2.75, 3.05) is 17.2 Å². The maximum absolute atomic E-state index is 13.8. The summed E-state index contributed by atoms with van der Waals surface area (Å²) in [5, 5.41) is 5.57. The Balaban J connectivity index is 1.71. The molecule has 0 amide bonds. The Labute approximate surface area is 153 Å². The van der Waals surface area contributed by atoms with E-state index in [-0.39, 0.29) is 17.5 Å². The third kappa shape index (κ3) is 4.52. The fourth-order valence-electron chi connectivity index (χ4n) is 2.48. The van der Waals surface area contributed by atoms with Gasteiger partial charge in [-0.05, 0) is 37.1 Å². The number of hydrogen-bond donors (Lipinski definition) is 2. The van der Waals surface area contributed by atoms with Gasteiger partial charge in [-0.15, -0.1) is 0 Å². The maximum Gasteiger partial charge on any atom is 0.229 e.